The molecule has 9 heteroatoms. The lowest BCUT2D eigenvalue weighted by Crippen LogP contribution is -2.43. The van der Waals surface area contributed by atoms with E-state index in [9.17, 15) is 4.79 Å². The van der Waals surface area contributed by atoms with E-state index in [4.69, 9.17) is 20.5 Å². The number of hydrogen-bond acceptors (Lipinski definition) is 7. The van der Waals surface area contributed by atoms with Gasteiger partial charge in [0.05, 0.1) is 17.9 Å². The number of nitrogens with two attached hydrogens (primary N) is 1. The van der Waals surface area contributed by atoms with E-state index in [0.717, 1.165) is 17.8 Å². The van der Waals surface area contributed by atoms with Gasteiger partial charge >= 0.3 is 0 Å². The van der Waals surface area contributed by atoms with Gasteiger partial charge in [-0.2, -0.15) is 4.99 Å². The monoisotopic (exact) mass is 429 g/mol. The number of carbonyl (C=O) groups excluding carboxylic acids is 1. The summed E-state index contributed by atoms with van der Waals surface area (Å²) in [5.41, 5.74) is 8.96. The first-order valence-electron chi connectivity index (χ1n) is 10.4. The van der Waals surface area contributed by atoms with E-state index < -0.39 is 5.91 Å². The van der Waals surface area contributed by atoms with E-state index in [0.29, 0.717) is 54.3 Å². The van der Waals surface area contributed by atoms with Gasteiger partial charge in [-0.15, -0.1) is 0 Å². The first kappa shape index (κ1) is 20.0. The number of nitrogens with zero attached hydrogens (tertiary/aromatic N) is 5. The van der Waals surface area contributed by atoms with E-state index >= 15 is 0 Å². The molecule has 0 radical (unpaired) electrons. The number of nitrogens with one attached hydrogen (secondary N) is 1. The van der Waals surface area contributed by atoms with Crippen LogP contribution in [0.5, 0.6) is 0 Å². The third-order valence-electron chi connectivity index (χ3n) is 5.37. The van der Waals surface area contributed by atoms with Gasteiger partial charge < -0.3 is 15.8 Å². The maximum absolute atomic E-state index is 11.9. The highest BCUT2D eigenvalue weighted by Gasteiger charge is 2.27. The topological polar surface area (TPSA) is 110 Å². The molecule has 162 valence electrons. The number of aromatic nitrogens is 2. The van der Waals surface area contributed by atoms with Gasteiger partial charge in [-0.05, 0) is 37.1 Å². The molecule has 0 unspecified atom stereocenters. The van der Waals surface area contributed by atoms with E-state index in [-0.39, 0.29) is 0 Å². The van der Waals surface area contributed by atoms with E-state index in [1.165, 1.54) is 0 Å². The van der Waals surface area contributed by atoms with Crippen molar-refractivity contribution in [3.8, 4) is 0 Å². The van der Waals surface area contributed by atoms with Crippen molar-refractivity contribution in [1.82, 2.24) is 19.6 Å². The second-order valence-corrected chi connectivity index (χ2v) is 7.55. The Morgan fingerprint density at radius 3 is 2.84 bits per heavy atom. The van der Waals surface area contributed by atoms with Gasteiger partial charge in [0.2, 0.25) is 5.96 Å². The van der Waals surface area contributed by atoms with Crippen molar-refractivity contribution in [3.05, 3.63) is 83.1 Å². The number of aryl methyl sites for hydroxylation is 1. The molecule has 0 aliphatic carbocycles. The Labute approximate surface area is 184 Å². The van der Waals surface area contributed by atoms with Crippen LogP contribution in [-0.4, -0.2) is 45.3 Å². The summed E-state index contributed by atoms with van der Waals surface area (Å²) in [6.45, 7) is 3.46. The molecule has 2 aliphatic heterocycles. The number of primary amides is 1. The van der Waals surface area contributed by atoms with Gasteiger partial charge in [0.15, 0.2) is 5.84 Å². The third-order valence-corrected chi connectivity index (χ3v) is 5.37. The van der Waals surface area contributed by atoms with Gasteiger partial charge in [-0.3, -0.25) is 14.1 Å². The second kappa shape index (κ2) is 8.27. The van der Waals surface area contributed by atoms with Crippen LogP contribution >= 0.6 is 0 Å². The fourth-order valence-electron chi connectivity index (χ4n) is 3.83. The quantitative estimate of drug-likeness (QED) is 0.661. The SMILES string of the molecule is Cc1nc2c(C(N)=O)cccn2c1C1=NC2=CCCOCN2C(NCc2ccccc2)=N1. The minimum absolute atomic E-state index is 0.355. The Bertz CT molecular complexity index is 1270. The zero-order valence-corrected chi connectivity index (χ0v) is 17.7. The molecule has 0 atom stereocenters. The van der Waals surface area contributed by atoms with Crippen LogP contribution < -0.4 is 11.1 Å². The molecular weight excluding hydrogens is 406 g/mol. The van der Waals surface area contributed by atoms with Crippen LogP contribution in [0.3, 0.4) is 0 Å². The average Bonchev–Trinajstić information content (AvgIpc) is 2.96. The number of imidazole rings is 1. The first-order chi connectivity index (χ1) is 15.6. The Morgan fingerprint density at radius 2 is 2.03 bits per heavy atom. The number of rotatable bonds is 4. The van der Waals surface area contributed by atoms with Crippen LogP contribution in [0, 0.1) is 6.92 Å². The number of pyridine rings is 1. The summed E-state index contributed by atoms with van der Waals surface area (Å²) in [5.74, 6) is 1.40. The Kier molecular flexibility index (Phi) is 5.16. The summed E-state index contributed by atoms with van der Waals surface area (Å²) in [4.78, 5) is 28.0. The number of ether oxygens (including phenoxy) is 1. The number of amides is 1. The predicted molar refractivity (Wildman–Crippen MR) is 121 cm³/mol. The number of fused-ring (bicyclic) bond motifs is 2. The highest BCUT2D eigenvalue weighted by Crippen LogP contribution is 2.23. The number of hydrogen-bond donors (Lipinski definition) is 2. The van der Waals surface area contributed by atoms with Crippen LogP contribution in [0.2, 0.25) is 0 Å². The Hall–Kier alpha value is -3.98. The molecular formula is C23H23N7O2. The third kappa shape index (κ3) is 3.63. The molecule has 3 aromatic rings. The highest BCUT2D eigenvalue weighted by atomic mass is 16.5. The van der Waals surface area contributed by atoms with Gasteiger partial charge in [0, 0.05) is 12.7 Å². The standard InChI is InChI=1S/C23H23N7O2/c1-15-19(29-11-5-9-17(20(24)31)22(29)26-15)21-27-18-10-6-12-32-14-30(18)23(28-21)25-13-16-7-3-2-4-8-16/h2-5,7-11H,6,12-14H2,1H3,(H2,24,31)(H,25,27,28). The first-order valence-corrected chi connectivity index (χ1v) is 10.4. The Balaban J connectivity index is 1.59. The van der Waals surface area contributed by atoms with Crippen molar-refractivity contribution >= 4 is 23.3 Å². The van der Waals surface area contributed by atoms with Crippen LogP contribution in [0.4, 0.5) is 0 Å². The maximum Gasteiger partial charge on any atom is 0.252 e. The highest BCUT2D eigenvalue weighted by molar-refractivity contribution is 6.09. The summed E-state index contributed by atoms with van der Waals surface area (Å²) >= 11 is 0. The lowest BCUT2D eigenvalue weighted by molar-refractivity contribution is 0.0873. The Morgan fingerprint density at radius 1 is 1.19 bits per heavy atom. The summed E-state index contributed by atoms with van der Waals surface area (Å²) in [6, 6.07) is 13.5. The van der Waals surface area contributed by atoms with E-state index in [2.05, 4.69) is 22.4 Å². The zero-order chi connectivity index (χ0) is 22.1. The molecule has 32 heavy (non-hydrogen) atoms. The largest absolute Gasteiger partial charge is 0.365 e. The van der Waals surface area contributed by atoms with Crippen molar-refractivity contribution in [2.24, 2.45) is 15.7 Å². The summed E-state index contributed by atoms with van der Waals surface area (Å²) < 4.78 is 7.54. The minimum Gasteiger partial charge on any atom is -0.365 e. The summed E-state index contributed by atoms with van der Waals surface area (Å²) in [6.07, 6.45) is 4.63. The van der Waals surface area contributed by atoms with Crippen molar-refractivity contribution in [2.45, 2.75) is 19.9 Å². The number of guanidine groups is 1. The van der Waals surface area contributed by atoms with Crippen LogP contribution in [-0.2, 0) is 11.3 Å². The molecule has 0 saturated carbocycles. The molecule has 2 aliphatic rings. The average molecular weight is 429 g/mol. The lowest BCUT2D eigenvalue weighted by Gasteiger charge is -2.28. The number of benzene rings is 1. The molecule has 3 N–H and O–H groups in total. The summed E-state index contributed by atoms with van der Waals surface area (Å²) in [7, 11) is 0. The van der Waals surface area contributed by atoms with Gasteiger partial charge in [0.1, 0.15) is 23.9 Å². The molecule has 4 heterocycles. The number of amidine groups is 1. The second-order valence-electron chi connectivity index (χ2n) is 7.55. The van der Waals surface area contributed by atoms with Crippen molar-refractivity contribution in [2.75, 3.05) is 13.3 Å². The fourth-order valence-corrected chi connectivity index (χ4v) is 3.83. The van der Waals surface area contributed by atoms with Crippen LogP contribution in [0.15, 0.2) is 70.5 Å². The van der Waals surface area contributed by atoms with Crippen molar-refractivity contribution < 1.29 is 9.53 Å². The molecule has 9 nitrogen and oxygen atoms in total. The summed E-state index contributed by atoms with van der Waals surface area (Å²) in [5, 5.41) is 3.42. The molecule has 2 aromatic heterocycles. The van der Waals surface area contributed by atoms with Gasteiger partial charge in [0.25, 0.3) is 5.91 Å². The fraction of sp³-hybridized carbons (Fsp3) is 0.217. The van der Waals surface area contributed by atoms with E-state index in [1.807, 2.05) is 46.7 Å². The maximum atomic E-state index is 11.9. The molecule has 0 fully saturated rings. The van der Waals surface area contributed by atoms with Gasteiger partial charge in [-0.1, -0.05) is 30.3 Å². The van der Waals surface area contributed by atoms with E-state index in [1.54, 1.807) is 12.1 Å². The molecule has 1 amide bonds. The molecule has 0 saturated heterocycles. The molecule has 0 bridgehead atoms. The lowest BCUT2D eigenvalue weighted by atomic mass is 10.2. The normalized spacial score (nSPS) is 16.0. The molecule has 5 rings (SSSR count). The minimum atomic E-state index is -0.527. The number of carbonyl (C=O) groups is 1. The molecule has 0 spiro atoms. The number of aliphatic imine (C=N–C) groups is 2. The molecule has 1 aromatic carbocycles. The van der Waals surface area contributed by atoms with Crippen LogP contribution in [0.25, 0.3) is 5.65 Å². The van der Waals surface area contributed by atoms with Crippen molar-refractivity contribution in [3.63, 3.8) is 0 Å². The predicted octanol–water partition coefficient (Wildman–Crippen LogP) is 2.17. The smallest absolute Gasteiger partial charge is 0.252 e. The van der Waals surface area contributed by atoms with Crippen molar-refractivity contribution in [1.29, 1.82) is 0 Å². The zero-order valence-electron chi connectivity index (χ0n) is 17.7. The van der Waals surface area contributed by atoms with Gasteiger partial charge in [-0.25, -0.2) is 9.98 Å². The van der Waals surface area contributed by atoms with Crippen LogP contribution in [0.1, 0.15) is 33.7 Å².